The molecule has 3 aromatic heterocycles. The third-order valence-electron chi connectivity index (χ3n) is 8.78. The summed E-state index contributed by atoms with van der Waals surface area (Å²) >= 11 is 1.84. The third kappa shape index (κ3) is 5.81. The Hall–Kier alpha value is -5.78. The quantitative estimate of drug-likeness (QED) is 0.156. The zero-order valence-electron chi connectivity index (χ0n) is 26.4. The van der Waals surface area contributed by atoms with Crippen molar-refractivity contribution >= 4 is 55.7 Å². The van der Waals surface area contributed by atoms with Crippen LogP contribution in [-0.2, 0) is 13.0 Å². The highest BCUT2D eigenvalue weighted by atomic mass is 32.1. The molecule has 0 aliphatic heterocycles. The van der Waals surface area contributed by atoms with Gasteiger partial charge in [-0.25, -0.2) is 4.98 Å². The Bertz CT molecular complexity index is 2350. The lowest BCUT2D eigenvalue weighted by atomic mass is 9.98. The molecule has 0 N–H and O–H groups in total. The van der Waals surface area contributed by atoms with E-state index in [-0.39, 0.29) is 0 Å². The second-order valence-corrected chi connectivity index (χ2v) is 12.9. The summed E-state index contributed by atoms with van der Waals surface area (Å²) in [6.45, 7) is 4.45. The van der Waals surface area contributed by atoms with E-state index in [1.165, 1.54) is 31.3 Å². The number of aliphatic imine (C=N–C) groups is 2. The molecule has 0 saturated heterocycles. The third-order valence-corrected chi connectivity index (χ3v) is 9.98. The van der Waals surface area contributed by atoms with Gasteiger partial charge in [0, 0.05) is 43.1 Å². The molecular formula is C43H32N4S. The van der Waals surface area contributed by atoms with Gasteiger partial charge in [-0.2, -0.15) is 0 Å². The van der Waals surface area contributed by atoms with Gasteiger partial charge >= 0.3 is 0 Å². The Morgan fingerprint density at radius 3 is 2.29 bits per heavy atom. The smallest absolute Gasteiger partial charge is 0.0982 e. The highest BCUT2D eigenvalue weighted by Gasteiger charge is 2.20. The molecule has 0 bridgehead atoms. The number of hydrogen-bond acceptors (Lipinski definition) is 5. The van der Waals surface area contributed by atoms with Crippen LogP contribution in [0.2, 0.25) is 0 Å². The molecule has 8 rings (SSSR count). The zero-order chi connectivity index (χ0) is 32.3. The summed E-state index contributed by atoms with van der Waals surface area (Å²) in [6, 6.07) is 41.9. The van der Waals surface area contributed by atoms with E-state index >= 15 is 0 Å². The second-order valence-electron chi connectivity index (χ2n) is 11.8. The minimum absolute atomic E-state index is 0.535. The Morgan fingerprint density at radius 2 is 1.52 bits per heavy atom. The molecule has 0 fully saturated rings. The fourth-order valence-electron chi connectivity index (χ4n) is 6.30. The molecule has 0 atom stereocenters. The van der Waals surface area contributed by atoms with Crippen molar-refractivity contribution in [1.29, 1.82) is 0 Å². The van der Waals surface area contributed by atoms with Gasteiger partial charge in [-0.15, -0.1) is 11.3 Å². The van der Waals surface area contributed by atoms with E-state index in [0.29, 0.717) is 6.54 Å². The predicted octanol–water partition coefficient (Wildman–Crippen LogP) is 10.9. The van der Waals surface area contributed by atoms with Crippen LogP contribution in [0.4, 0.5) is 0 Å². The average molecular weight is 637 g/mol. The van der Waals surface area contributed by atoms with Crippen LogP contribution in [-0.4, -0.2) is 22.4 Å². The molecule has 230 valence electrons. The first-order chi connectivity index (χ1) is 23.7. The van der Waals surface area contributed by atoms with Crippen LogP contribution < -0.4 is 0 Å². The minimum atomic E-state index is 0.535. The first-order valence-corrected chi connectivity index (χ1v) is 17.0. The maximum Gasteiger partial charge on any atom is 0.0982 e. The summed E-state index contributed by atoms with van der Waals surface area (Å²) in [6.07, 6.45) is 10.4. The topological polar surface area (TPSA) is 50.5 Å². The maximum absolute atomic E-state index is 5.24. The van der Waals surface area contributed by atoms with Crippen LogP contribution >= 0.6 is 11.3 Å². The normalized spacial score (nSPS) is 13.2. The number of allylic oxidation sites excluding steroid dienone is 2. The fraction of sp³-hybridized carbons (Fsp3) is 0.0698. The predicted molar refractivity (Wildman–Crippen MR) is 204 cm³/mol. The number of thiophene rings is 1. The van der Waals surface area contributed by atoms with Gasteiger partial charge in [0.1, 0.15) is 0 Å². The van der Waals surface area contributed by atoms with Crippen molar-refractivity contribution in [2.24, 2.45) is 9.98 Å². The number of benzene rings is 4. The maximum atomic E-state index is 5.24. The van der Waals surface area contributed by atoms with Crippen LogP contribution in [0.25, 0.3) is 54.5 Å². The Labute approximate surface area is 284 Å². The Balaban J connectivity index is 1.20. The molecule has 5 heteroatoms. The Kier molecular flexibility index (Phi) is 8.11. The van der Waals surface area contributed by atoms with Crippen LogP contribution in [0.3, 0.4) is 0 Å². The van der Waals surface area contributed by atoms with Crippen LogP contribution in [0.15, 0.2) is 150 Å². The number of rotatable bonds is 8. The summed E-state index contributed by atoms with van der Waals surface area (Å²) in [4.78, 5) is 19.8. The van der Waals surface area contributed by atoms with Gasteiger partial charge in [-0.1, -0.05) is 115 Å². The molecule has 3 heterocycles. The number of aryl methyl sites for hydroxylation is 1. The number of hydrogen-bond donors (Lipinski definition) is 0. The summed E-state index contributed by atoms with van der Waals surface area (Å²) in [7, 11) is 0. The molecule has 0 spiro atoms. The van der Waals surface area contributed by atoms with Crippen molar-refractivity contribution < 1.29 is 0 Å². The molecule has 0 unspecified atom stereocenters. The van der Waals surface area contributed by atoms with E-state index in [2.05, 4.69) is 121 Å². The van der Waals surface area contributed by atoms with Crippen molar-refractivity contribution in [2.45, 2.75) is 19.4 Å². The molecule has 4 aromatic carbocycles. The largest absolute Gasteiger partial charge is 0.280 e. The molecule has 1 aliphatic rings. The number of aromatic nitrogens is 2. The van der Waals surface area contributed by atoms with Gasteiger partial charge < -0.3 is 0 Å². The minimum Gasteiger partial charge on any atom is -0.280 e. The van der Waals surface area contributed by atoms with Crippen LogP contribution in [0.1, 0.15) is 34.4 Å². The van der Waals surface area contributed by atoms with Gasteiger partial charge in [0.15, 0.2) is 0 Å². The lowest BCUT2D eigenvalue weighted by Gasteiger charge is -2.14. The number of nitrogens with zero attached hydrogens (tertiary/aromatic N) is 4. The van der Waals surface area contributed by atoms with Crippen molar-refractivity contribution in [2.75, 3.05) is 0 Å². The van der Waals surface area contributed by atoms with Gasteiger partial charge in [-0.3, -0.25) is 15.0 Å². The number of pyridine rings is 2. The first kappa shape index (κ1) is 29.6. The molecular weight excluding hydrogens is 605 g/mol. The van der Waals surface area contributed by atoms with E-state index in [0.717, 1.165) is 63.6 Å². The van der Waals surface area contributed by atoms with Crippen LogP contribution in [0, 0.1) is 0 Å². The molecule has 4 nitrogen and oxygen atoms in total. The average Bonchev–Trinajstić information content (AvgIpc) is 3.56. The zero-order valence-corrected chi connectivity index (χ0v) is 27.2. The SMILES string of the molecule is C=N/C(=C\C(=N/Cc1ccccc1)c1ccc(-c2nc3c(c4sc5ccccc5c24)C=CCC3)nc1)c1ccc(-c2ccccc2)cc1. The lowest BCUT2D eigenvalue weighted by molar-refractivity contribution is 0.935. The van der Waals surface area contributed by atoms with Crippen molar-refractivity contribution in [3.8, 4) is 22.5 Å². The highest BCUT2D eigenvalue weighted by Crippen LogP contribution is 2.42. The summed E-state index contributed by atoms with van der Waals surface area (Å²) in [5.41, 5.74) is 11.1. The summed E-state index contributed by atoms with van der Waals surface area (Å²) < 4.78 is 2.55. The molecule has 48 heavy (non-hydrogen) atoms. The first-order valence-electron chi connectivity index (χ1n) is 16.2. The molecule has 0 radical (unpaired) electrons. The lowest BCUT2D eigenvalue weighted by Crippen LogP contribution is -2.03. The molecule has 0 saturated carbocycles. The molecule has 0 amide bonds. The highest BCUT2D eigenvalue weighted by molar-refractivity contribution is 7.26. The van der Waals surface area contributed by atoms with E-state index in [9.17, 15) is 0 Å². The monoisotopic (exact) mass is 636 g/mol. The van der Waals surface area contributed by atoms with Gasteiger partial charge in [0.05, 0.1) is 35.0 Å². The second kappa shape index (κ2) is 13.1. The standard InChI is InChI=1S/C43H32N4S/c1-44-38(32-22-20-31(21-23-32)30-14-6-3-7-15-30)26-39(45-27-29-12-4-2-5-13-29)33-24-25-37(46-28-33)42-41-35-17-9-11-19-40(35)48-43(41)34-16-8-10-18-36(34)47-42/h2-9,11-17,19-26,28H,1,10,18,27H2/b38-26-,45-39+. The van der Waals surface area contributed by atoms with E-state index in [1.54, 1.807) is 0 Å². The summed E-state index contributed by atoms with van der Waals surface area (Å²) in [5, 5.41) is 2.40. The van der Waals surface area contributed by atoms with Gasteiger partial charge in [-0.05, 0) is 60.5 Å². The molecule has 7 aromatic rings. The summed E-state index contributed by atoms with van der Waals surface area (Å²) in [5.74, 6) is 0. The van der Waals surface area contributed by atoms with Crippen molar-refractivity contribution in [3.05, 3.63) is 168 Å². The van der Waals surface area contributed by atoms with E-state index in [4.69, 9.17) is 15.0 Å². The molecule has 1 aliphatic carbocycles. The Morgan fingerprint density at radius 1 is 0.792 bits per heavy atom. The van der Waals surface area contributed by atoms with Gasteiger partial charge in [0.25, 0.3) is 0 Å². The van der Waals surface area contributed by atoms with E-state index < -0.39 is 0 Å². The van der Waals surface area contributed by atoms with Gasteiger partial charge in [0.2, 0.25) is 0 Å². The fourth-order valence-corrected chi connectivity index (χ4v) is 7.55. The van der Waals surface area contributed by atoms with Crippen LogP contribution in [0.5, 0.6) is 0 Å². The van der Waals surface area contributed by atoms with Crippen molar-refractivity contribution in [1.82, 2.24) is 9.97 Å². The van der Waals surface area contributed by atoms with Crippen molar-refractivity contribution in [3.63, 3.8) is 0 Å². The number of fused-ring (bicyclic) bond motifs is 5. The van der Waals surface area contributed by atoms with E-state index in [1.807, 2.05) is 47.9 Å².